The number of rotatable bonds is 5. The van der Waals surface area contributed by atoms with E-state index < -0.39 is 11.9 Å². The lowest BCUT2D eigenvalue weighted by atomic mass is 10.1. The molecule has 0 spiro atoms. The molecule has 1 aromatic rings. The van der Waals surface area contributed by atoms with E-state index in [0.29, 0.717) is 0 Å². The maximum Gasteiger partial charge on any atom is 0.343 e. The first-order valence-electron chi connectivity index (χ1n) is 4.83. The third kappa shape index (κ3) is 2.47. The van der Waals surface area contributed by atoms with Crippen molar-refractivity contribution in [2.75, 3.05) is 13.7 Å². The van der Waals surface area contributed by atoms with Crippen molar-refractivity contribution >= 4 is 11.9 Å². The van der Waals surface area contributed by atoms with Crippen LogP contribution in [0.4, 0.5) is 0 Å². The van der Waals surface area contributed by atoms with Crippen molar-refractivity contribution in [3.63, 3.8) is 0 Å². The normalized spacial score (nSPS) is 9.76. The van der Waals surface area contributed by atoms with Gasteiger partial charge >= 0.3 is 11.9 Å². The summed E-state index contributed by atoms with van der Waals surface area (Å²) in [6, 6.07) is 2.55. The van der Waals surface area contributed by atoms with Crippen LogP contribution in [0.25, 0.3) is 0 Å². The third-order valence-electron chi connectivity index (χ3n) is 2.07. The molecule has 0 radical (unpaired) electrons. The maximum atomic E-state index is 11.1. The van der Waals surface area contributed by atoms with Crippen LogP contribution in [0.1, 0.15) is 27.6 Å². The zero-order valence-corrected chi connectivity index (χ0v) is 9.39. The van der Waals surface area contributed by atoms with Gasteiger partial charge in [-0.2, -0.15) is 0 Å². The fourth-order valence-corrected chi connectivity index (χ4v) is 1.42. The van der Waals surface area contributed by atoms with Gasteiger partial charge in [0.15, 0.2) is 5.75 Å². The average Bonchev–Trinajstić information content (AvgIpc) is 2.27. The van der Waals surface area contributed by atoms with E-state index in [4.69, 9.17) is 19.7 Å². The molecular weight excluding hydrogens is 228 g/mol. The summed E-state index contributed by atoms with van der Waals surface area (Å²) >= 11 is 0. The van der Waals surface area contributed by atoms with Crippen molar-refractivity contribution < 1.29 is 29.3 Å². The van der Waals surface area contributed by atoms with Crippen molar-refractivity contribution in [2.24, 2.45) is 0 Å². The molecule has 0 aliphatic heterocycles. The van der Waals surface area contributed by atoms with Crippen molar-refractivity contribution in [2.45, 2.75) is 6.92 Å². The molecule has 0 aliphatic rings. The summed E-state index contributed by atoms with van der Waals surface area (Å²) in [5.74, 6) is -2.68. The zero-order chi connectivity index (χ0) is 13.0. The summed E-state index contributed by atoms with van der Waals surface area (Å²) in [5.41, 5.74) is -0.498. The number of carbonyl (C=O) groups is 2. The highest BCUT2D eigenvalue weighted by Crippen LogP contribution is 2.32. The number of carboxylic acid groups (broad SMARTS) is 2. The molecule has 17 heavy (non-hydrogen) atoms. The van der Waals surface area contributed by atoms with Crippen LogP contribution < -0.4 is 9.47 Å². The van der Waals surface area contributed by atoms with E-state index >= 15 is 0 Å². The molecule has 2 N–H and O–H groups in total. The van der Waals surface area contributed by atoms with E-state index in [-0.39, 0.29) is 29.2 Å². The monoisotopic (exact) mass is 240 g/mol. The average molecular weight is 240 g/mol. The highest BCUT2D eigenvalue weighted by atomic mass is 16.5. The van der Waals surface area contributed by atoms with E-state index in [2.05, 4.69) is 0 Å². The van der Waals surface area contributed by atoms with E-state index in [1.165, 1.54) is 19.2 Å². The topological polar surface area (TPSA) is 93.1 Å². The Morgan fingerprint density at radius 1 is 1.24 bits per heavy atom. The third-order valence-corrected chi connectivity index (χ3v) is 2.07. The number of hydrogen-bond donors (Lipinski definition) is 2. The second kappa shape index (κ2) is 5.20. The van der Waals surface area contributed by atoms with Gasteiger partial charge in [-0.25, -0.2) is 9.59 Å². The van der Waals surface area contributed by atoms with E-state index in [1.54, 1.807) is 6.92 Å². The Morgan fingerprint density at radius 3 is 2.29 bits per heavy atom. The van der Waals surface area contributed by atoms with E-state index in [1.807, 2.05) is 0 Å². The molecule has 0 amide bonds. The van der Waals surface area contributed by atoms with Gasteiger partial charge in [-0.05, 0) is 19.1 Å². The molecular formula is C11H12O6. The van der Waals surface area contributed by atoms with Crippen LogP contribution in [0, 0.1) is 0 Å². The van der Waals surface area contributed by atoms with Crippen LogP contribution in [0.15, 0.2) is 12.1 Å². The highest BCUT2D eigenvalue weighted by molar-refractivity contribution is 6.00. The molecule has 6 heteroatoms. The van der Waals surface area contributed by atoms with Crippen LogP contribution in [-0.2, 0) is 0 Å². The highest BCUT2D eigenvalue weighted by Gasteiger charge is 2.24. The fourth-order valence-electron chi connectivity index (χ4n) is 1.42. The first-order valence-corrected chi connectivity index (χ1v) is 4.83. The predicted molar refractivity (Wildman–Crippen MR) is 58.1 cm³/mol. The van der Waals surface area contributed by atoms with Gasteiger partial charge in [-0.1, -0.05) is 0 Å². The van der Waals surface area contributed by atoms with Crippen LogP contribution in [0.2, 0.25) is 0 Å². The molecule has 0 aliphatic carbocycles. The van der Waals surface area contributed by atoms with E-state index in [9.17, 15) is 9.59 Å². The maximum absolute atomic E-state index is 11.1. The minimum Gasteiger partial charge on any atom is -0.495 e. The van der Waals surface area contributed by atoms with Crippen LogP contribution in [0.3, 0.4) is 0 Å². The molecule has 92 valence electrons. The smallest absolute Gasteiger partial charge is 0.343 e. The Hall–Kier alpha value is -2.24. The second-order valence-electron chi connectivity index (χ2n) is 3.06. The second-order valence-corrected chi connectivity index (χ2v) is 3.06. The standard InChI is InChI=1S/C11H12O6/c1-3-17-7-5-4-6(10(12)13)9(16-2)8(7)11(14)15/h4-5H,3H2,1-2H3,(H,12,13)(H,14,15). The first-order chi connectivity index (χ1) is 8.02. The first kappa shape index (κ1) is 12.8. The number of carboxylic acids is 2. The van der Waals surface area contributed by atoms with Gasteiger partial charge in [0.2, 0.25) is 0 Å². The number of methoxy groups -OCH3 is 1. The summed E-state index contributed by atoms with van der Waals surface area (Å²) in [6.45, 7) is 1.97. The molecule has 0 heterocycles. The molecule has 0 aromatic heterocycles. The zero-order valence-electron chi connectivity index (χ0n) is 9.39. The Labute approximate surface area is 97.4 Å². The minimum absolute atomic E-state index is 0.0850. The number of ether oxygens (including phenoxy) is 2. The molecule has 0 atom stereocenters. The summed E-state index contributed by atoms with van der Waals surface area (Å²) in [4.78, 5) is 22.0. The molecule has 1 rings (SSSR count). The van der Waals surface area contributed by atoms with Gasteiger partial charge in [0.05, 0.1) is 13.7 Å². The summed E-state index contributed by atoms with van der Waals surface area (Å²) in [6.07, 6.45) is 0. The molecule has 0 bridgehead atoms. The predicted octanol–water partition coefficient (Wildman–Crippen LogP) is 1.49. The lowest BCUT2D eigenvalue weighted by Crippen LogP contribution is -2.10. The largest absolute Gasteiger partial charge is 0.495 e. The van der Waals surface area contributed by atoms with Gasteiger partial charge in [0.25, 0.3) is 0 Å². The van der Waals surface area contributed by atoms with Crippen molar-refractivity contribution in [3.05, 3.63) is 23.3 Å². The number of hydrogen-bond acceptors (Lipinski definition) is 4. The molecule has 0 fully saturated rings. The van der Waals surface area contributed by atoms with Crippen LogP contribution in [-0.4, -0.2) is 35.9 Å². The summed E-state index contributed by atoms with van der Waals surface area (Å²) < 4.78 is 9.97. The number of aromatic carboxylic acids is 2. The van der Waals surface area contributed by atoms with Gasteiger partial charge < -0.3 is 19.7 Å². The quantitative estimate of drug-likeness (QED) is 0.809. The number of benzene rings is 1. The Bertz CT molecular complexity index is 452. The Morgan fingerprint density at radius 2 is 1.88 bits per heavy atom. The SMILES string of the molecule is CCOc1ccc(C(=O)O)c(OC)c1C(=O)O. The molecule has 6 nitrogen and oxygen atoms in total. The lowest BCUT2D eigenvalue weighted by Gasteiger charge is -2.13. The molecule has 0 saturated heterocycles. The van der Waals surface area contributed by atoms with Gasteiger partial charge in [0.1, 0.15) is 16.9 Å². The lowest BCUT2D eigenvalue weighted by molar-refractivity contribution is 0.0687. The van der Waals surface area contributed by atoms with Gasteiger partial charge in [-0.15, -0.1) is 0 Å². The van der Waals surface area contributed by atoms with Crippen LogP contribution in [0.5, 0.6) is 11.5 Å². The van der Waals surface area contributed by atoms with Crippen molar-refractivity contribution in [3.8, 4) is 11.5 Å². The molecule has 1 aromatic carbocycles. The van der Waals surface area contributed by atoms with Crippen molar-refractivity contribution in [1.29, 1.82) is 0 Å². The van der Waals surface area contributed by atoms with Crippen molar-refractivity contribution in [1.82, 2.24) is 0 Å². The van der Waals surface area contributed by atoms with Gasteiger partial charge in [-0.3, -0.25) is 0 Å². The summed E-state index contributed by atoms with van der Waals surface area (Å²) in [7, 11) is 1.21. The Balaban J connectivity index is 3.49. The van der Waals surface area contributed by atoms with Gasteiger partial charge in [0, 0.05) is 0 Å². The van der Waals surface area contributed by atoms with E-state index in [0.717, 1.165) is 0 Å². The Kier molecular flexibility index (Phi) is 3.92. The summed E-state index contributed by atoms with van der Waals surface area (Å²) in [5, 5.41) is 18.0. The molecule has 0 saturated carbocycles. The van der Waals surface area contributed by atoms with Crippen LogP contribution >= 0.6 is 0 Å². The molecule has 0 unspecified atom stereocenters. The fraction of sp³-hybridized carbons (Fsp3) is 0.273. The minimum atomic E-state index is -1.30.